The number of carboxylic acid groups (broad SMARTS) is 1. The number of hydrogen-bond donors (Lipinski definition) is 1. The van der Waals surface area contributed by atoms with Gasteiger partial charge in [-0.15, -0.1) is 0 Å². The summed E-state index contributed by atoms with van der Waals surface area (Å²) in [6.45, 7) is 0. The van der Waals surface area contributed by atoms with E-state index in [0.29, 0.717) is 0 Å². The van der Waals surface area contributed by atoms with Gasteiger partial charge in [0.1, 0.15) is 0 Å². The van der Waals surface area contributed by atoms with Crippen molar-refractivity contribution < 1.29 is 12.8 Å². The number of carboxylic acids is 1. The number of hydrogen-bond acceptors (Lipinski definition) is 1. The molecule has 0 aliphatic carbocycles. The van der Waals surface area contributed by atoms with Gasteiger partial charge in [0.25, 0.3) is 0 Å². The van der Waals surface area contributed by atoms with Crippen LogP contribution in [0.2, 0.25) is 25.1 Å². The minimum absolute atomic E-state index is 0. The van der Waals surface area contributed by atoms with Crippen LogP contribution in [0.5, 0.6) is 0 Å². The van der Waals surface area contributed by atoms with E-state index in [2.05, 4.69) is 0 Å². The fraction of sp³-hybridized carbons (Fsp3) is 0. The van der Waals surface area contributed by atoms with Crippen molar-refractivity contribution in [2.75, 3.05) is 0 Å². The van der Waals surface area contributed by atoms with E-state index in [9.17, 15) is 4.79 Å². The molecule has 0 unspecified atom stereocenters. The van der Waals surface area contributed by atoms with Crippen molar-refractivity contribution in [1.29, 1.82) is 0 Å². The Morgan fingerprint density at radius 1 is 0.941 bits per heavy atom. The second-order valence-electron chi connectivity index (χ2n) is 2.66. The Kier molecular flexibility index (Phi) is 8.18. The standard InChI is InChI=1S/C9H3Cl5O2.Ca.2H/c10-5-3(1-2-4(15)16)6(11)8(13)9(14)7(5)12;;;/h1-2H,(H,15,16);;;/q;+2;2*-1. The summed E-state index contributed by atoms with van der Waals surface area (Å²) in [6.07, 6.45) is 2.06. The normalized spacial score (nSPS) is 10.4. The Labute approximate surface area is 155 Å². The Morgan fingerprint density at radius 3 is 1.65 bits per heavy atom. The van der Waals surface area contributed by atoms with E-state index in [-0.39, 0.29) is 71.3 Å². The summed E-state index contributed by atoms with van der Waals surface area (Å²) >= 11 is 29.0. The molecule has 0 atom stereocenters. The van der Waals surface area contributed by atoms with Gasteiger partial charge < -0.3 is 7.96 Å². The van der Waals surface area contributed by atoms with E-state index in [4.69, 9.17) is 63.1 Å². The smallest absolute Gasteiger partial charge is 1.00 e. The zero-order valence-corrected chi connectivity index (χ0v) is 14.1. The van der Waals surface area contributed by atoms with E-state index >= 15 is 0 Å². The molecule has 1 rings (SSSR count). The predicted molar refractivity (Wildman–Crippen MR) is 76.1 cm³/mol. The molecular weight excluding hydrogens is 357 g/mol. The monoisotopic (exact) mass is 360 g/mol. The van der Waals surface area contributed by atoms with Crippen molar-refractivity contribution in [3.8, 4) is 0 Å². The summed E-state index contributed by atoms with van der Waals surface area (Å²) < 4.78 is 0. The summed E-state index contributed by atoms with van der Waals surface area (Å²) in [6, 6.07) is 0. The molecule has 1 aromatic carbocycles. The molecule has 0 spiro atoms. The second kappa shape index (κ2) is 7.66. The maximum Gasteiger partial charge on any atom is 2.00 e. The molecule has 0 heterocycles. The molecule has 0 amide bonds. The van der Waals surface area contributed by atoms with Crippen LogP contribution >= 0.6 is 58.0 Å². The Balaban J connectivity index is -0.000000853. The molecule has 8 heteroatoms. The summed E-state index contributed by atoms with van der Waals surface area (Å²) in [5.41, 5.74) is 0.213. The fourth-order valence-electron chi connectivity index (χ4n) is 0.923. The first-order chi connectivity index (χ1) is 7.36. The average Bonchev–Trinajstić information content (AvgIpc) is 2.23. The van der Waals surface area contributed by atoms with E-state index < -0.39 is 5.97 Å². The summed E-state index contributed by atoms with van der Waals surface area (Å²) in [5.74, 6) is -1.14. The van der Waals surface area contributed by atoms with Gasteiger partial charge in [-0.2, -0.15) is 0 Å². The number of carbonyl (C=O) groups is 1. The zero-order chi connectivity index (χ0) is 12.5. The molecule has 90 valence electrons. The molecule has 17 heavy (non-hydrogen) atoms. The van der Waals surface area contributed by atoms with Crippen LogP contribution in [0.15, 0.2) is 6.08 Å². The van der Waals surface area contributed by atoms with Gasteiger partial charge in [0, 0.05) is 11.6 Å². The molecule has 0 saturated carbocycles. The molecule has 1 aromatic rings. The van der Waals surface area contributed by atoms with Gasteiger partial charge in [0.15, 0.2) is 0 Å². The van der Waals surface area contributed by atoms with Crippen LogP contribution in [0.3, 0.4) is 0 Å². The number of rotatable bonds is 2. The van der Waals surface area contributed by atoms with Crippen LogP contribution in [0.4, 0.5) is 0 Å². The van der Waals surface area contributed by atoms with E-state index in [1.807, 2.05) is 0 Å². The van der Waals surface area contributed by atoms with Crippen LogP contribution in [0.1, 0.15) is 8.42 Å². The quantitative estimate of drug-likeness (QED) is 0.352. The molecule has 0 aliphatic heterocycles. The second-order valence-corrected chi connectivity index (χ2v) is 4.54. The van der Waals surface area contributed by atoms with Crippen molar-refractivity contribution in [2.24, 2.45) is 0 Å². The van der Waals surface area contributed by atoms with Crippen LogP contribution in [0.25, 0.3) is 6.08 Å². The minimum Gasteiger partial charge on any atom is -1.00 e. The molecule has 0 bridgehead atoms. The maximum atomic E-state index is 10.4. The first-order valence-electron chi connectivity index (χ1n) is 3.78. The average molecular weight is 362 g/mol. The van der Waals surface area contributed by atoms with E-state index in [1.165, 1.54) is 6.08 Å². The molecule has 1 N–H and O–H groups in total. The molecular formula is C9H5CaCl5O2. The van der Waals surface area contributed by atoms with Gasteiger partial charge in [0.2, 0.25) is 0 Å². The molecule has 0 aromatic heterocycles. The van der Waals surface area contributed by atoms with Crippen molar-refractivity contribution in [3.63, 3.8) is 0 Å². The first-order valence-corrected chi connectivity index (χ1v) is 5.67. The van der Waals surface area contributed by atoms with Crippen LogP contribution < -0.4 is 0 Å². The van der Waals surface area contributed by atoms with Crippen LogP contribution in [-0.4, -0.2) is 48.8 Å². The van der Waals surface area contributed by atoms with Gasteiger partial charge in [-0.3, -0.25) is 0 Å². The fourth-order valence-corrected chi connectivity index (χ4v) is 2.20. The van der Waals surface area contributed by atoms with Crippen molar-refractivity contribution in [1.82, 2.24) is 0 Å². The third-order valence-electron chi connectivity index (χ3n) is 1.64. The van der Waals surface area contributed by atoms with E-state index in [1.54, 1.807) is 0 Å². The summed E-state index contributed by atoms with van der Waals surface area (Å²) in [7, 11) is 0. The first kappa shape index (κ1) is 18.1. The van der Waals surface area contributed by atoms with Crippen LogP contribution in [0, 0.1) is 0 Å². The minimum atomic E-state index is -1.14. The number of aliphatic carboxylic acids is 1. The molecule has 0 radical (unpaired) electrons. The molecule has 2 nitrogen and oxygen atoms in total. The zero-order valence-electron chi connectivity index (χ0n) is 10.1. The molecule has 0 fully saturated rings. The topological polar surface area (TPSA) is 37.3 Å². The number of halogens is 5. The van der Waals surface area contributed by atoms with Crippen LogP contribution in [-0.2, 0) is 4.79 Å². The SMILES string of the molecule is O=C(O)C=Cc1c(Cl)c(Cl)c(Cl)c(Cl)c1Cl.[Ca+2].[H-].[H-]. The summed E-state index contributed by atoms with van der Waals surface area (Å²) in [4.78, 5) is 10.4. The van der Waals surface area contributed by atoms with Crippen molar-refractivity contribution in [3.05, 3.63) is 36.8 Å². The van der Waals surface area contributed by atoms with Gasteiger partial charge >= 0.3 is 43.7 Å². The Morgan fingerprint density at radius 2 is 1.29 bits per heavy atom. The predicted octanol–water partition coefficient (Wildman–Crippen LogP) is 4.90. The van der Waals surface area contributed by atoms with Gasteiger partial charge in [0.05, 0.1) is 25.1 Å². The van der Waals surface area contributed by atoms with E-state index in [0.717, 1.165) is 6.08 Å². The summed E-state index contributed by atoms with van der Waals surface area (Å²) in [5, 5.41) is 8.69. The van der Waals surface area contributed by atoms with Gasteiger partial charge in [-0.25, -0.2) is 4.79 Å². The van der Waals surface area contributed by atoms with Crippen molar-refractivity contribution >= 4 is 108 Å². The Hall–Kier alpha value is 1.14. The number of benzene rings is 1. The van der Waals surface area contributed by atoms with Crippen molar-refractivity contribution in [2.45, 2.75) is 0 Å². The van der Waals surface area contributed by atoms with Gasteiger partial charge in [-0.05, 0) is 6.08 Å². The largest absolute Gasteiger partial charge is 2.00 e. The Bertz CT molecular complexity index is 467. The molecule has 0 saturated heterocycles. The third kappa shape index (κ3) is 4.32. The maximum absolute atomic E-state index is 10.4. The third-order valence-corrected chi connectivity index (χ3v) is 3.94. The van der Waals surface area contributed by atoms with Gasteiger partial charge in [-0.1, -0.05) is 58.0 Å². The molecule has 0 aliphatic rings.